The molecule has 1 aromatic carbocycles. The monoisotopic (exact) mass is 615 g/mol. The van der Waals surface area contributed by atoms with Crippen molar-refractivity contribution in [1.82, 2.24) is 29.9 Å². The van der Waals surface area contributed by atoms with Crippen LogP contribution in [0.3, 0.4) is 0 Å². The van der Waals surface area contributed by atoms with Crippen LogP contribution in [0.1, 0.15) is 11.1 Å². The Morgan fingerprint density at radius 3 is 0.979 bits per heavy atom. The van der Waals surface area contributed by atoms with Crippen molar-refractivity contribution in [2.75, 3.05) is 0 Å². The van der Waals surface area contributed by atoms with Gasteiger partial charge < -0.3 is 0 Å². The predicted octanol–water partition coefficient (Wildman–Crippen LogP) is 8.35. The number of hydrogen-bond donors (Lipinski definition) is 0. The summed E-state index contributed by atoms with van der Waals surface area (Å²) in [5.41, 5.74) is 11.6. The van der Waals surface area contributed by atoms with Gasteiger partial charge in [-0.1, -0.05) is 0 Å². The Balaban J connectivity index is 1.38. The average Bonchev–Trinajstić information content (AvgIpc) is 3.18. The zero-order chi connectivity index (χ0) is 32.9. The van der Waals surface area contributed by atoms with Crippen LogP contribution in [0.25, 0.3) is 71.6 Å². The maximum absolute atomic E-state index is 9.41. The number of aromatic nitrogens is 6. The highest BCUT2D eigenvalue weighted by molar-refractivity contribution is 5.84. The first-order chi connectivity index (χ1) is 23.6. The van der Waals surface area contributed by atoms with Crippen molar-refractivity contribution >= 4 is 5.69 Å². The summed E-state index contributed by atoms with van der Waals surface area (Å²) in [4.78, 5) is 29.8. The summed E-state index contributed by atoms with van der Waals surface area (Å²) in [6.07, 6.45) is 20.4. The maximum atomic E-state index is 9.41. The fraction of sp³-hybridized carbons (Fsp3) is 0. The van der Waals surface area contributed by atoms with Gasteiger partial charge in [0.05, 0.1) is 17.7 Å². The van der Waals surface area contributed by atoms with Gasteiger partial charge in [0.25, 0.3) is 0 Å². The Labute approximate surface area is 276 Å². The molecular weight excluding hydrogens is 594 g/mol. The maximum Gasteiger partial charge on any atom is 0.205 e. The van der Waals surface area contributed by atoms with E-state index >= 15 is 0 Å². The second-order valence-electron chi connectivity index (χ2n) is 10.9. The van der Waals surface area contributed by atoms with Gasteiger partial charge in [-0.25, -0.2) is 4.85 Å². The molecule has 0 aliphatic carbocycles. The lowest BCUT2D eigenvalue weighted by Crippen LogP contribution is -1.91. The fourth-order valence-electron chi connectivity index (χ4n) is 5.36. The second-order valence-corrected chi connectivity index (χ2v) is 10.9. The number of nitriles is 2. The molecule has 0 saturated heterocycles. The average molecular weight is 616 g/mol. The Morgan fingerprint density at radius 2 is 0.625 bits per heavy atom. The van der Waals surface area contributed by atoms with Crippen molar-refractivity contribution in [3.05, 3.63) is 152 Å². The molecule has 222 valence electrons. The quantitative estimate of drug-likeness (QED) is 0.171. The molecule has 7 rings (SSSR count). The molecule has 0 bridgehead atoms. The summed E-state index contributed by atoms with van der Waals surface area (Å²) < 4.78 is 0. The lowest BCUT2D eigenvalue weighted by molar-refractivity contribution is 1.28. The standard InChI is InChI=1S/C39H21N9/c1-42-39-10-38(23-48-24-39)37-9-34(19-47-22-37)29-5-27(32-7-35(20-45-17-32)30-2-25(11-40)13-43-15-30)4-28(6-29)33-8-36(21-46-18-33)31-3-26(12-41)14-44-16-31/h2-10,13-24H. The molecule has 0 N–H and O–H groups in total. The van der Waals surface area contributed by atoms with Crippen LogP contribution in [0.2, 0.25) is 0 Å². The van der Waals surface area contributed by atoms with Gasteiger partial charge in [0, 0.05) is 119 Å². The van der Waals surface area contributed by atoms with Crippen molar-refractivity contribution in [2.45, 2.75) is 0 Å². The Kier molecular flexibility index (Phi) is 7.88. The third kappa shape index (κ3) is 6.09. The largest absolute Gasteiger partial charge is 0.276 e. The van der Waals surface area contributed by atoms with Gasteiger partial charge in [0.15, 0.2) is 0 Å². The van der Waals surface area contributed by atoms with E-state index in [1.54, 1.807) is 74.0 Å². The SMILES string of the molecule is [C-]#[N+]c1cncc(-c2cncc(-c3cc(-c4cncc(-c5cncc(C#N)c5)c4)cc(-c4cncc(-c5cncc(C#N)c5)c4)c3)c2)c1. The minimum absolute atomic E-state index is 0.452. The smallest absolute Gasteiger partial charge is 0.205 e. The molecule has 6 heterocycles. The third-order valence-corrected chi connectivity index (χ3v) is 7.74. The molecule has 0 aliphatic rings. The highest BCUT2D eigenvalue weighted by Gasteiger charge is 2.13. The molecule has 0 spiro atoms. The second kappa shape index (κ2) is 12.9. The summed E-state index contributed by atoms with van der Waals surface area (Å²) in [5.74, 6) is 0. The van der Waals surface area contributed by atoms with Crippen molar-refractivity contribution in [3.63, 3.8) is 0 Å². The minimum atomic E-state index is 0.452. The van der Waals surface area contributed by atoms with Crippen molar-refractivity contribution in [2.24, 2.45) is 0 Å². The number of rotatable bonds is 6. The first-order valence-corrected chi connectivity index (χ1v) is 14.7. The van der Waals surface area contributed by atoms with E-state index in [1.807, 2.05) is 18.2 Å². The molecule has 0 unspecified atom stereocenters. The van der Waals surface area contributed by atoms with Crippen LogP contribution < -0.4 is 0 Å². The van der Waals surface area contributed by atoms with E-state index in [1.165, 1.54) is 18.6 Å². The van der Waals surface area contributed by atoms with Gasteiger partial charge in [-0.2, -0.15) is 10.5 Å². The lowest BCUT2D eigenvalue weighted by Gasteiger charge is -2.13. The number of hydrogen-bond acceptors (Lipinski definition) is 8. The number of nitrogens with zero attached hydrogens (tertiary/aromatic N) is 9. The molecule has 0 saturated carbocycles. The van der Waals surface area contributed by atoms with Crippen LogP contribution in [0.5, 0.6) is 0 Å². The van der Waals surface area contributed by atoms with E-state index in [9.17, 15) is 10.5 Å². The Hall–Kier alpha value is -7.41. The molecule has 0 atom stereocenters. The molecule has 7 aromatic rings. The van der Waals surface area contributed by atoms with Crippen molar-refractivity contribution in [3.8, 4) is 78.9 Å². The molecule has 0 fully saturated rings. The van der Waals surface area contributed by atoms with Gasteiger partial charge in [-0.05, 0) is 76.9 Å². The highest BCUT2D eigenvalue weighted by atomic mass is 14.7. The van der Waals surface area contributed by atoms with Gasteiger partial charge in [-0.3, -0.25) is 29.9 Å². The third-order valence-electron chi connectivity index (χ3n) is 7.74. The molecule has 9 nitrogen and oxygen atoms in total. The summed E-state index contributed by atoms with van der Waals surface area (Å²) in [7, 11) is 0. The minimum Gasteiger partial charge on any atom is -0.276 e. The van der Waals surface area contributed by atoms with E-state index in [0.717, 1.165) is 66.8 Å². The zero-order valence-electron chi connectivity index (χ0n) is 25.1. The van der Waals surface area contributed by atoms with Crippen LogP contribution >= 0.6 is 0 Å². The van der Waals surface area contributed by atoms with Gasteiger partial charge >= 0.3 is 0 Å². The number of benzene rings is 1. The molecule has 9 heteroatoms. The predicted molar refractivity (Wildman–Crippen MR) is 182 cm³/mol. The van der Waals surface area contributed by atoms with E-state index in [0.29, 0.717) is 16.8 Å². The molecule has 0 radical (unpaired) electrons. The highest BCUT2D eigenvalue weighted by Crippen LogP contribution is 2.36. The molecule has 0 aliphatic heterocycles. The first-order valence-electron chi connectivity index (χ1n) is 14.7. The zero-order valence-corrected chi connectivity index (χ0v) is 25.1. The van der Waals surface area contributed by atoms with Crippen LogP contribution in [0.4, 0.5) is 5.69 Å². The Morgan fingerprint density at radius 1 is 0.354 bits per heavy atom. The van der Waals surface area contributed by atoms with E-state index in [4.69, 9.17) is 6.57 Å². The normalized spacial score (nSPS) is 10.4. The first kappa shape index (κ1) is 29.3. The molecule has 48 heavy (non-hydrogen) atoms. The molecule has 6 aromatic heterocycles. The topological polar surface area (TPSA) is 129 Å². The van der Waals surface area contributed by atoms with Crippen molar-refractivity contribution < 1.29 is 0 Å². The summed E-state index contributed by atoms with van der Waals surface area (Å²) >= 11 is 0. The summed E-state index contributed by atoms with van der Waals surface area (Å²) in [6, 6.07) is 22.0. The fourth-order valence-corrected chi connectivity index (χ4v) is 5.36. The van der Waals surface area contributed by atoms with Gasteiger partial charge in [0.1, 0.15) is 12.1 Å². The van der Waals surface area contributed by atoms with E-state index in [-0.39, 0.29) is 0 Å². The van der Waals surface area contributed by atoms with Gasteiger partial charge in [0.2, 0.25) is 5.69 Å². The molecular formula is C39H21N9. The Bertz CT molecular complexity index is 2180. The van der Waals surface area contributed by atoms with E-state index in [2.05, 4.69) is 65.1 Å². The summed E-state index contributed by atoms with van der Waals surface area (Å²) in [6.45, 7) is 7.39. The molecule has 0 amide bonds. The van der Waals surface area contributed by atoms with Crippen molar-refractivity contribution in [1.29, 1.82) is 10.5 Å². The van der Waals surface area contributed by atoms with Crippen LogP contribution in [-0.2, 0) is 0 Å². The lowest BCUT2D eigenvalue weighted by atomic mass is 9.92. The van der Waals surface area contributed by atoms with Crippen LogP contribution in [0.15, 0.2) is 129 Å². The number of pyridine rings is 6. The summed E-state index contributed by atoms with van der Waals surface area (Å²) in [5, 5.41) is 18.8. The van der Waals surface area contributed by atoms with E-state index < -0.39 is 0 Å². The van der Waals surface area contributed by atoms with Crippen LogP contribution in [0, 0.1) is 29.2 Å². The van der Waals surface area contributed by atoms with Crippen LogP contribution in [-0.4, -0.2) is 29.9 Å². The van der Waals surface area contributed by atoms with Gasteiger partial charge in [-0.15, -0.1) is 0 Å².